The lowest BCUT2D eigenvalue weighted by atomic mass is 9.89. The number of rotatable bonds is 6. The van der Waals surface area contributed by atoms with Crippen molar-refractivity contribution in [3.63, 3.8) is 0 Å². The van der Waals surface area contributed by atoms with Crippen molar-refractivity contribution >= 4 is 17.6 Å². The van der Waals surface area contributed by atoms with Crippen LogP contribution in [0.2, 0.25) is 0 Å². The van der Waals surface area contributed by atoms with Gasteiger partial charge in [-0.05, 0) is 53.7 Å². The van der Waals surface area contributed by atoms with Gasteiger partial charge in [-0.2, -0.15) is 0 Å². The molecule has 0 atom stereocenters. The Bertz CT molecular complexity index is 925. The summed E-state index contributed by atoms with van der Waals surface area (Å²) in [6.07, 6.45) is 3.93. The van der Waals surface area contributed by atoms with E-state index in [1.54, 1.807) is 0 Å². The fraction of sp³-hybridized carbons (Fsp3) is 0.160. The summed E-state index contributed by atoms with van der Waals surface area (Å²) in [5, 5.41) is 0. The molecule has 0 bridgehead atoms. The molecule has 0 spiro atoms. The van der Waals surface area contributed by atoms with Gasteiger partial charge in [-0.1, -0.05) is 78.9 Å². The highest BCUT2D eigenvalue weighted by molar-refractivity contribution is 5.98. The Kier molecular flexibility index (Phi) is 6.22. The number of carbonyl (C=O) groups excluding carboxylic acids is 1. The minimum Gasteiger partial charge on any atom is -0.465 e. The molecule has 27 heavy (non-hydrogen) atoms. The van der Waals surface area contributed by atoms with Crippen LogP contribution in [-0.4, -0.2) is 13.1 Å². The maximum atomic E-state index is 12.4. The molecule has 0 aromatic heterocycles. The Morgan fingerprint density at radius 3 is 2.22 bits per heavy atom. The summed E-state index contributed by atoms with van der Waals surface area (Å²) < 4.78 is 5.03. The van der Waals surface area contributed by atoms with Crippen LogP contribution in [0.5, 0.6) is 0 Å². The van der Waals surface area contributed by atoms with Gasteiger partial charge in [0.05, 0.1) is 12.7 Å². The van der Waals surface area contributed by atoms with Crippen LogP contribution in [0, 0.1) is 6.92 Å². The molecule has 0 aliphatic carbocycles. The van der Waals surface area contributed by atoms with Gasteiger partial charge in [-0.3, -0.25) is 0 Å². The number of allylic oxidation sites excluding steroid dienone is 1. The standard InChI is InChI=1S/C25H24O2/c1-19-10-9-15-23(25(26)27-2)24(19)22(18-21-13-7-4-8-14-21)17-16-20-11-5-3-6-12-20/h3-15,18H,16-17H2,1-2H3/b22-18-. The van der Waals surface area contributed by atoms with Gasteiger partial charge in [0, 0.05) is 0 Å². The van der Waals surface area contributed by atoms with Crippen LogP contribution in [0.25, 0.3) is 11.6 Å². The predicted octanol–water partition coefficient (Wildman–Crippen LogP) is 5.96. The van der Waals surface area contributed by atoms with Crippen molar-refractivity contribution in [2.45, 2.75) is 19.8 Å². The van der Waals surface area contributed by atoms with Crippen molar-refractivity contribution in [2.24, 2.45) is 0 Å². The van der Waals surface area contributed by atoms with E-state index < -0.39 is 0 Å². The van der Waals surface area contributed by atoms with E-state index in [1.807, 2.05) is 49.4 Å². The number of ether oxygens (including phenoxy) is 1. The second-order valence-corrected chi connectivity index (χ2v) is 6.55. The van der Waals surface area contributed by atoms with Crippen molar-refractivity contribution in [3.8, 4) is 0 Å². The zero-order valence-corrected chi connectivity index (χ0v) is 15.8. The molecule has 0 radical (unpaired) electrons. The summed E-state index contributed by atoms with van der Waals surface area (Å²) in [6.45, 7) is 2.04. The molecule has 3 aromatic rings. The maximum absolute atomic E-state index is 12.4. The van der Waals surface area contributed by atoms with Crippen molar-refractivity contribution < 1.29 is 9.53 Å². The predicted molar refractivity (Wildman–Crippen MR) is 112 cm³/mol. The lowest BCUT2D eigenvalue weighted by molar-refractivity contribution is 0.0600. The number of benzene rings is 3. The normalized spacial score (nSPS) is 11.3. The Labute approximate surface area is 161 Å². The van der Waals surface area contributed by atoms with Crippen molar-refractivity contribution in [1.29, 1.82) is 0 Å². The van der Waals surface area contributed by atoms with E-state index in [0.29, 0.717) is 5.56 Å². The van der Waals surface area contributed by atoms with E-state index >= 15 is 0 Å². The zero-order chi connectivity index (χ0) is 19.1. The van der Waals surface area contributed by atoms with Gasteiger partial charge < -0.3 is 4.74 Å². The van der Waals surface area contributed by atoms with Gasteiger partial charge >= 0.3 is 5.97 Å². The van der Waals surface area contributed by atoms with Crippen LogP contribution in [0.15, 0.2) is 78.9 Å². The summed E-state index contributed by atoms with van der Waals surface area (Å²) >= 11 is 0. The molecule has 0 N–H and O–H groups in total. The van der Waals surface area contributed by atoms with Crippen LogP contribution >= 0.6 is 0 Å². The van der Waals surface area contributed by atoms with Crippen molar-refractivity contribution in [2.75, 3.05) is 7.11 Å². The molecule has 0 saturated heterocycles. The van der Waals surface area contributed by atoms with Gasteiger partial charge in [0.25, 0.3) is 0 Å². The molecule has 0 fully saturated rings. The van der Waals surface area contributed by atoms with E-state index in [9.17, 15) is 4.79 Å². The molecule has 0 aliphatic heterocycles. The van der Waals surface area contributed by atoms with Crippen LogP contribution in [-0.2, 0) is 11.2 Å². The molecule has 0 amide bonds. The quantitative estimate of drug-likeness (QED) is 0.403. The van der Waals surface area contributed by atoms with E-state index in [2.05, 4.69) is 42.5 Å². The van der Waals surface area contributed by atoms with E-state index in [-0.39, 0.29) is 5.97 Å². The number of esters is 1. The number of carbonyl (C=O) groups is 1. The third-order valence-corrected chi connectivity index (χ3v) is 4.67. The molecule has 3 aromatic carbocycles. The lowest BCUT2D eigenvalue weighted by Crippen LogP contribution is -2.07. The first-order valence-electron chi connectivity index (χ1n) is 9.17. The second kappa shape index (κ2) is 9.00. The third kappa shape index (κ3) is 4.73. The van der Waals surface area contributed by atoms with Gasteiger partial charge in [-0.15, -0.1) is 0 Å². The van der Waals surface area contributed by atoms with Gasteiger partial charge in [0.2, 0.25) is 0 Å². The number of aryl methyl sites for hydroxylation is 2. The van der Waals surface area contributed by atoms with Crippen LogP contribution < -0.4 is 0 Å². The smallest absolute Gasteiger partial charge is 0.338 e. The first kappa shape index (κ1) is 18.7. The third-order valence-electron chi connectivity index (χ3n) is 4.67. The summed E-state index contributed by atoms with van der Waals surface area (Å²) in [5.41, 5.74) is 6.22. The first-order valence-corrected chi connectivity index (χ1v) is 9.17. The van der Waals surface area contributed by atoms with E-state index in [1.165, 1.54) is 12.7 Å². The highest BCUT2D eigenvalue weighted by Crippen LogP contribution is 2.30. The van der Waals surface area contributed by atoms with Crippen LogP contribution in [0.1, 0.15) is 39.0 Å². The molecule has 0 heterocycles. The summed E-state index contributed by atoms with van der Waals surface area (Å²) in [6, 6.07) is 26.4. The lowest BCUT2D eigenvalue weighted by Gasteiger charge is -2.16. The fourth-order valence-corrected chi connectivity index (χ4v) is 3.32. The summed E-state index contributed by atoms with van der Waals surface area (Å²) in [7, 11) is 1.43. The average molecular weight is 356 g/mol. The topological polar surface area (TPSA) is 26.3 Å². The Hall–Kier alpha value is -3.13. The average Bonchev–Trinajstić information content (AvgIpc) is 2.72. The summed E-state index contributed by atoms with van der Waals surface area (Å²) in [4.78, 5) is 12.4. The second-order valence-electron chi connectivity index (χ2n) is 6.55. The molecule has 0 aliphatic rings. The number of hydrogen-bond donors (Lipinski definition) is 0. The number of methoxy groups -OCH3 is 1. The first-order chi connectivity index (χ1) is 13.2. The van der Waals surface area contributed by atoms with E-state index in [4.69, 9.17) is 4.74 Å². The molecule has 3 rings (SSSR count). The molecular formula is C25H24O2. The minimum atomic E-state index is -0.299. The fourth-order valence-electron chi connectivity index (χ4n) is 3.32. The molecule has 136 valence electrons. The molecule has 0 unspecified atom stereocenters. The monoisotopic (exact) mass is 356 g/mol. The Morgan fingerprint density at radius 1 is 0.889 bits per heavy atom. The van der Waals surface area contributed by atoms with Crippen LogP contribution in [0.4, 0.5) is 0 Å². The Balaban J connectivity index is 2.05. The van der Waals surface area contributed by atoms with Gasteiger partial charge in [0.15, 0.2) is 0 Å². The largest absolute Gasteiger partial charge is 0.465 e. The van der Waals surface area contributed by atoms with Crippen molar-refractivity contribution in [1.82, 2.24) is 0 Å². The Morgan fingerprint density at radius 2 is 1.56 bits per heavy atom. The highest BCUT2D eigenvalue weighted by Gasteiger charge is 2.17. The van der Waals surface area contributed by atoms with Crippen molar-refractivity contribution in [3.05, 3.63) is 107 Å². The van der Waals surface area contributed by atoms with E-state index in [0.717, 1.165) is 35.1 Å². The minimum absolute atomic E-state index is 0.299. The highest BCUT2D eigenvalue weighted by atomic mass is 16.5. The molecule has 0 saturated carbocycles. The SMILES string of the molecule is COC(=O)c1cccc(C)c1/C(=C\c1ccccc1)CCc1ccccc1. The maximum Gasteiger partial charge on any atom is 0.338 e. The van der Waals surface area contributed by atoms with Gasteiger partial charge in [0.1, 0.15) is 0 Å². The molecule has 2 heteroatoms. The molecule has 2 nitrogen and oxygen atoms in total. The summed E-state index contributed by atoms with van der Waals surface area (Å²) in [5.74, 6) is -0.299. The zero-order valence-electron chi connectivity index (χ0n) is 15.8. The van der Waals surface area contributed by atoms with Gasteiger partial charge in [-0.25, -0.2) is 4.79 Å². The van der Waals surface area contributed by atoms with Crippen LogP contribution in [0.3, 0.4) is 0 Å². The molecular weight excluding hydrogens is 332 g/mol. The number of hydrogen-bond acceptors (Lipinski definition) is 2.